The number of pyridine rings is 1. The van der Waals surface area contributed by atoms with E-state index in [-0.39, 0.29) is 12.5 Å². The van der Waals surface area contributed by atoms with Crippen molar-refractivity contribution in [3.05, 3.63) is 36.0 Å². The van der Waals surface area contributed by atoms with Gasteiger partial charge in [-0.1, -0.05) is 18.2 Å². The van der Waals surface area contributed by atoms with Gasteiger partial charge in [0.2, 0.25) is 5.88 Å². The van der Waals surface area contributed by atoms with Crippen LogP contribution in [-0.4, -0.2) is 47.7 Å². The molecule has 1 amide bonds. The van der Waals surface area contributed by atoms with E-state index < -0.39 is 0 Å². The summed E-state index contributed by atoms with van der Waals surface area (Å²) < 4.78 is 5.26. The molecule has 0 saturated carbocycles. The number of hydrogen-bond donors (Lipinski definition) is 1. The lowest BCUT2D eigenvalue weighted by molar-refractivity contribution is 0.0725. The van der Waals surface area contributed by atoms with E-state index >= 15 is 0 Å². The van der Waals surface area contributed by atoms with Gasteiger partial charge in [0, 0.05) is 18.5 Å². The van der Waals surface area contributed by atoms with Crippen molar-refractivity contribution in [2.24, 2.45) is 0 Å². The Morgan fingerprint density at radius 1 is 1.40 bits per heavy atom. The zero-order valence-electron chi connectivity index (χ0n) is 11.7. The first-order valence-electron chi connectivity index (χ1n) is 6.55. The Morgan fingerprint density at radius 2 is 2.15 bits per heavy atom. The van der Waals surface area contributed by atoms with Crippen LogP contribution < -0.4 is 4.74 Å². The normalized spacial score (nSPS) is 10.6. The summed E-state index contributed by atoms with van der Waals surface area (Å²) in [5.41, 5.74) is 0.329. The fraction of sp³-hybridized carbons (Fsp3) is 0.333. The van der Waals surface area contributed by atoms with Gasteiger partial charge in [0.15, 0.2) is 0 Å². The molecule has 0 radical (unpaired) electrons. The highest BCUT2D eigenvalue weighted by Crippen LogP contribution is 2.24. The minimum absolute atomic E-state index is 0.0652. The van der Waals surface area contributed by atoms with E-state index in [1.165, 1.54) is 7.11 Å². The molecule has 20 heavy (non-hydrogen) atoms. The quantitative estimate of drug-likeness (QED) is 0.901. The van der Waals surface area contributed by atoms with Crippen LogP contribution in [0.1, 0.15) is 17.4 Å². The molecule has 1 aromatic carbocycles. The maximum absolute atomic E-state index is 12.4. The summed E-state index contributed by atoms with van der Waals surface area (Å²) in [5.74, 6) is 0.233. The van der Waals surface area contributed by atoms with Crippen molar-refractivity contribution in [2.45, 2.75) is 6.92 Å². The number of carbonyl (C=O) groups excluding carboxylic acids is 1. The second-order valence-electron chi connectivity index (χ2n) is 4.35. The second-order valence-corrected chi connectivity index (χ2v) is 4.35. The lowest BCUT2D eigenvalue weighted by Crippen LogP contribution is -2.33. The third kappa shape index (κ3) is 2.72. The topological polar surface area (TPSA) is 62.7 Å². The molecule has 0 saturated heterocycles. The predicted octanol–water partition coefficient (Wildman–Crippen LogP) is 1.70. The van der Waals surface area contributed by atoms with E-state index in [2.05, 4.69) is 4.98 Å². The second kappa shape index (κ2) is 6.34. The van der Waals surface area contributed by atoms with Gasteiger partial charge >= 0.3 is 0 Å². The van der Waals surface area contributed by atoms with E-state index in [0.717, 1.165) is 10.8 Å². The summed E-state index contributed by atoms with van der Waals surface area (Å²) in [6.07, 6.45) is 0. The van der Waals surface area contributed by atoms with E-state index in [1.54, 1.807) is 11.0 Å². The number of fused-ring (bicyclic) bond motifs is 1. The molecule has 0 aliphatic heterocycles. The molecule has 0 atom stereocenters. The maximum atomic E-state index is 12.4. The Hall–Kier alpha value is -2.14. The third-order valence-electron chi connectivity index (χ3n) is 3.16. The Bertz CT molecular complexity index is 613. The fourth-order valence-corrected chi connectivity index (χ4v) is 2.12. The van der Waals surface area contributed by atoms with Crippen LogP contribution in [0.4, 0.5) is 0 Å². The number of carbonyl (C=O) groups is 1. The molecular weight excluding hydrogens is 256 g/mol. The number of aliphatic hydroxyl groups is 1. The molecule has 1 N–H and O–H groups in total. The average Bonchev–Trinajstić information content (AvgIpc) is 2.50. The third-order valence-corrected chi connectivity index (χ3v) is 3.16. The van der Waals surface area contributed by atoms with Crippen LogP contribution in [0.3, 0.4) is 0 Å². The highest BCUT2D eigenvalue weighted by Gasteiger charge is 2.17. The van der Waals surface area contributed by atoms with Gasteiger partial charge in [-0.3, -0.25) is 4.79 Å². The maximum Gasteiger partial charge on any atom is 0.272 e. The molecule has 0 aliphatic rings. The lowest BCUT2D eigenvalue weighted by Gasteiger charge is -2.19. The van der Waals surface area contributed by atoms with Gasteiger partial charge < -0.3 is 14.7 Å². The van der Waals surface area contributed by atoms with Crippen LogP contribution >= 0.6 is 0 Å². The first-order chi connectivity index (χ1) is 9.71. The lowest BCUT2D eigenvalue weighted by atomic mass is 10.1. The Balaban J connectivity index is 2.46. The molecule has 5 heteroatoms. The molecule has 0 bridgehead atoms. The van der Waals surface area contributed by atoms with Gasteiger partial charge in [-0.05, 0) is 24.4 Å². The van der Waals surface area contributed by atoms with Gasteiger partial charge in [-0.2, -0.15) is 0 Å². The van der Waals surface area contributed by atoms with Crippen LogP contribution in [0.5, 0.6) is 5.88 Å². The monoisotopic (exact) mass is 274 g/mol. The number of ether oxygens (including phenoxy) is 1. The summed E-state index contributed by atoms with van der Waals surface area (Å²) in [6, 6.07) is 9.37. The number of benzene rings is 1. The van der Waals surface area contributed by atoms with Crippen molar-refractivity contribution in [3.8, 4) is 5.88 Å². The highest BCUT2D eigenvalue weighted by atomic mass is 16.5. The summed E-state index contributed by atoms with van der Waals surface area (Å²) in [6.45, 7) is 2.62. The molecule has 0 spiro atoms. The zero-order valence-corrected chi connectivity index (χ0v) is 11.7. The van der Waals surface area contributed by atoms with E-state index in [4.69, 9.17) is 9.84 Å². The number of nitrogens with zero attached hydrogens (tertiary/aromatic N) is 2. The van der Waals surface area contributed by atoms with Gasteiger partial charge in [-0.25, -0.2) is 4.98 Å². The van der Waals surface area contributed by atoms with Crippen LogP contribution in [0.25, 0.3) is 10.8 Å². The molecule has 106 valence electrons. The minimum Gasteiger partial charge on any atom is -0.481 e. The summed E-state index contributed by atoms with van der Waals surface area (Å²) in [7, 11) is 1.54. The van der Waals surface area contributed by atoms with E-state index in [9.17, 15) is 4.79 Å². The van der Waals surface area contributed by atoms with Gasteiger partial charge in [-0.15, -0.1) is 0 Å². The van der Waals surface area contributed by atoms with Gasteiger partial charge in [0.05, 0.1) is 13.7 Å². The fourth-order valence-electron chi connectivity index (χ4n) is 2.12. The SMILES string of the molecule is CCN(CCO)C(=O)c1cc2ccccc2c(OC)n1. The van der Waals surface area contributed by atoms with E-state index in [1.807, 2.05) is 31.2 Å². The van der Waals surface area contributed by atoms with Crippen molar-refractivity contribution >= 4 is 16.7 Å². The van der Waals surface area contributed by atoms with Crippen LogP contribution in [0.15, 0.2) is 30.3 Å². The molecule has 2 aromatic rings. The number of likely N-dealkylation sites (N-methyl/N-ethyl adjacent to an activating group) is 1. The Labute approximate surface area is 117 Å². The molecule has 0 unspecified atom stereocenters. The number of amides is 1. The molecule has 5 nitrogen and oxygen atoms in total. The molecule has 0 aliphatic carbocycles. The summed E-state index contributed by atoms with van der Waals surface area (Å²) in [5, 5.41) is 10.8. The van der Waals surface area contributed by atoms with Crippen LogP contribution in [-0.2, 0) is 0 Å². The number of hydrogen-bond acceptors (Lipinski definition) is 4. The molecule has 1 aromatic heterocycles. The largest absolute Gasteiger partial charge is 0.481 e. The first-order valence-corrected chi connectivity index (χ1v) is 6.55. The van der Waals surface area contributed by atoms with Gasteiger partial charge in [0.1, 0.15) is 5.69 Å². The van der Waals surface area contributed by atoms with Gasteiger partial charge in [0.25, 0.3) is 5.91 Å². The number of methoxy groups -OCH3 is 1. The first kappa shape index (κ1) is 14.3. The Kier molecular flexibility index (Phi) is 4.53. The van der Waals surface area contributed by atoms with Crippen molar-refractivity contribution in [2.75, 3.05) is 26.8 Å². The standard InChI is InChI=1S/C15H18N2O3/c1-3-17(8-9-18)15(19)13-10-11-6-4-5-7-12(11)14(16-13)20-2/h4-7,10,18H,3,8-9H2,1-2H3. The van der Waals surface area contributed by atoms with Crippen molar-refractivity contribution < 1.29 is 14.6 Å². The summed E-state index contributed by atoms with van der Waals surface area (Å²) >= 11 is 0. The van der Waals surface area contributed by atoms with Crippen LogP contribution in [0, 0.1) is 0 Å². The Morgan fingerprint density at radius 3 is 2.80 bits per heavy atom. The number of rotatable bonds is 5. The van der Waals surface area contributed by atoms with E-state index in [0.29, 0.717) is 24.7 Å². The highest BCUT2D eigenvalue weighted by molar-refractivity contribution is 5.98. The van der Waals surface area contributed by atoms with Crippen LogP contribution in [0.2, 0.25) is 0 Å². The number of aliphatic hydroxyl groups excluding tert-OH is 1. The smallest absolute Gasteiger partial charge is 0.272 e. The minimum atomic E-state index is -0.203. The van der Waals surface area contributed by atoms with Crippen molar-refractivity contribution in [3.63, 3.8) is 0 Å². The molecule has 1 heterocycles. The summed E-state index contributed by atoms with van der Waals surface area (Å²) in [4.78, 5) is 18.2. The number of aromatic nitrogens is 1. The molecule has 0 fully saturated rings. The average molecular weight is 274 g/mol. The molecular formula is C15H18N2O3. The predicted molar refractivity (Wildman–Crippen MR) is 77.0 cm³/mol. The van der Waals surface area contributed by atoms with Crippen molar-refractivity contribution in [1.82, 2.24) is 9.88 Å². The molecule has 2 rings (SSSR count). The zero-order chi connectivity index (χ0) is 14.5. The van der Waals surface area contributed by atoms with Crippen molar-refractivity contribution in [1.29, 1.82) is 0 Å².